The molecule has 1 heterocycles. The van der Waals surface area contributed by atoms with Gasteiger partial charge >= 0.3 is 0 Å². The van der Waals surface area contributed by atoms with Crippen LogP contribution in [0.3, 0.4) is 0 Å². The Morgan fingerprint density at radius 2 is 1.83 bits per heavy atom. The first-order valence-electron chi connectivity index (χ1n) is 8.36. The molecule has 1 aliphatic heterocycles. The SMILES string of the molecule is COc1ccc(COC[C@@H](O)CN2C[C@@H](C)O[C@H](C)C2)cc1OC. The van der Waals surface area contributed by atoms with Gasteiger partial charge in [0.05, 0.1) is 45.7 Å². The molecule has 24 heavy (non-hydrogen) atoms. The summed E-state index contributed by atoms with van der Waals surface area (Å²) in [6.45, 7) is 7.13. The number of nitrogens with zero attached hydrogens (tertiary/aromatic N) is 1. The average molecular weight is 339 g/mol. The standard InChI is InChI=1S/C18H29NO5/c1-13-8-19(9-14(2)24-13)10-16(20)12-23-11-15-5-6-17(21-3)18(7-15)22-4/h5-7,13-14,16,20H,8-12H2,1-4H3/t13-,14-,16+/m1/s1. The van der Waals surface area contributed by atoms with Crippen LogP contribution in [0, 0.1) is 0 Å². The third kappa shape index (κ3) is 5.63. The first kappa shape index (κ1) is 19.0. The lowest BCUT2D eigenvalue weighted by Gasteiger charge is -2.36. The molecular formula is C18H29NO5. The number of hydrogen-bond acceptors (Lipinski definition) is 6. The monoisotopic (exact) mass is 339 g/mol. The summed E-state index contributed by atoms with van der Waals surface area (Å²) < 4.78 is 21.8. The molecule has 1 saturated heterocycles. The van der Waals surface area contributed by atoms with Crippen molar-refractivity contribution in [2.75, 3.05) is 40.5 Å². The van der Waals surface area contributed by atoms with Crippen molar-refractivity contribution in [1.29, 1.82) is 0 Å². The number of rotatable bonds is 8. The molecule has 0 amide bonds. The predicted molar refractivity (Wildman–Crippen MR) is 91.7 cm³/mol. The second kappa shape index (κ2) is 9.22. The van der Waals surface area contributed by atoms with Gasteiger partial charge in [-0.25, -0.2) is 0 Å². The van der Waals surface area contributed by atoms with E-state index in [1.54, 1.807) is 14.2 Å². The van der Waals surface area contributed by atoms with E-state index in [0.717, 1.165) is 18.7 Å². The number of aliphatic hydroxyl groups is 1. The van der Waals surface area contributed by atoms with Gasteiger partial charge in [-0.05, 0) is 31.5 Å². The van der Waals surface area contributed by atoms with Gasteiger partial charge in [0.25, 0.3) is 0 Å². The minimum atomic E-state index is -0.511. The Hall–Kier alpha value is -1.34. The molecule has 0 aromatic heterocycles. The Labute approximate surface area is 144 Å². The van der Waals surface area contributed by atoms with E-state index >= 15 is 0 Å². The van der Waals surface area contributed by atoms with E-state index in [1.165, 1.54) is 0 Å². The summed E-state index contributed by atoms with van der Waals surface area (Å²) in [4.78, 5) is 2.23. The molecule has 6 nitrogen and oxygen atoms in total. The highest BCUT2D eigenvalue weighted by Gasteiger charge is 2.23. The summed E-state index contributed by atoms with van der Waals surface area (Å²) in [6, 6.07) is 5.67. The highest BCUT2D eigenvalue weighted by molar-refractivity contribution is 5.42. The Bertz CT molecular complexity index is 500. The Kier molecular flexibility index (Phi) is 7.30. The minimum Gasteiger partial charge on any atom is -0.493 e. The van der Waals surface area contributed by atoms with E-state index in [0.29, 0.717) is 31.3 Å². The lowest BCUT2D eigenvalue weighted by molar-refractivity contribution is -0.0826. The van der Waals surface area contributed by atoms with Gasteiger partial charge in [0.15, 0.2) is 11.5 Å². The van der Waals surface area contributed by atoms with Crippen LogP contribution in [-0.2, 0) is 16.1 Å². The van der Waals surface area contributed by atoms with Gasteiger partial charge in [-0.3, -0.25) is 4.90 Å². The summed E-state index contributed by atoms with van der Waals surface area (Å²) >= 11 is 0. The van der Waals surface area contributed by atoms with Crippen molar-refractivity contribution in [3.8, 4) is 11.5 Å². The van der Waals surface area contributed by atoms with E-state index in [1.807, 2.05) is 18.2 Å². The Morgan fingerprint density at radius 1 is 1.17 bits per heavy atom. The van der Waals surface area contributed by atoms with Gasteiger partial charge in [-0.2, -0.15) is 0 Å². The number of morpholine rings is 1. The largest absolute Gasteiger partial charge is 0.493 e. The lowest BCUT2D eigenvalue weighted by Crippen LogP contribution is -2.48. The zero-order valence-electron chi connectivity index (χ0n) is 15.0. The maximum atomic E-state index is 10.2. The van der Waals surface area contributed by atoms with Gasteiger partial charge in [0, 0.05) is 19.6 Å². The number of methoxy groups -OCH3 is 2. The van der Waals surface area contributed by atoms with E-state index in [2.05, 4.69) is 18.7 Å². The zero-order valence-corrected chi connectivity index (χ0v) is 15.0. The number of hydrogen-bond donors (Lipinski definition) is 1. The summed E-state index contributed by atoms with van der Waals surface area (Å²) in [6.07, 6.45) is -0.107. The normalized spacial score (nSPS) is 23.0. The second-order valence-electron chi connectivity index (χ2n) is 6.33. The fourth-order valence-electron chi connectivity index (χ4n) is 3.07. The van der Waals surface area contributed by atoms with Crippen molar-refractivity contribution < 1.29 is 24.1 Å². The maximum Gasteiger partial charge on any atom is 0.161 e. The van der Waals surface area contributed by atoms with Crippen molar-refractivity contribution in [3.63, 3.8) is 0 Å². The van der Waals surface area contributed by atoms with Gasteiger partial charge in [-0.15, -0.1) is 0 Å². The second-order valence-corrected chi connectivity index (χ2v) is 6.33. The van der Waals surface area contributed by atoms with Crippen molar-refractivity contribution in [1.82, 2.24) is 4.90 Å². The summed E-state index contributed by atoms with van der Waals surface area (Å²) in [7, 11) is 3.22. The molecule has 1 fully saturated rings. The minimum absolute atomic E-state index is 0.202. The third-order valence-corrected chi connectivity index (χ3v) is 3.99. The molecule has 0 saturated carbocycles. The van der Waals surface area contributed by atoms with Crippen LogP contribution in [0.1, 0.15) is 19.4 Å². The molecule has 0 bridgehead atoms. The van der Waals surface area contributed by atoms with E-state index in [9.17, 15) is 5.11 Å². The van der Waals surface area contributed by atoms with Crippen molar-refractivity contribution in [3.05, 3.63) is 23.8 Å². The molecule has 6 heteroatoms. The van der Waals surface area contributed by atoms with Crippen LogP contribution in [-0.4, -0.2) is 68.8 Å². The lowest BCUT2D eigenvalue weighted by atomic mass is 10.2. The Morgan fingerprint density at radius 3 is 2.46 bits per heavy atom. The van der Waals surface area contributed by atoms with E-state index in [4.69, 9.17) is 18.9 Å². The molecule has 1 aliphatic rings. The first-order valence-corrected chi connectivity index (χ1v) is 8.36. The maximum absolute atomic E-state index is 10.2. The molecule has 0 unspecified atom stereocenters. The van der Waals surface area contributed by atoms with Crippen LogP contribution in [0.25, 0.3) is 0 Å². The van der Waals surface area contributed by atoms with Crippen molar-refractivity contribution in [2.24, 2.45) is 0 Å². The number of β-amino-alcohol motifs (C(OH)–C–C–N with tert-alkyl or cyclic N) is 1. The van der Waals surface area contributed by atoms with Crippen LogP contribution >= 0.6 is 0 Å². The Balaban J connectivity index is 1.75. The third-order valence-electron chi connectivity index (χ3n) is 3.99. The predicted octanol–water partition coefficient (Wildman–Crippen LogP) is 1.69. The number of aliphatic hydroxyl groups excluding tert-OH is 1. The summed E-state index contributed by atoms with van der Waals surface area (Å²) in [5.74, 6) is 1.37. The molecule has 3 atom stereocenters. The van der Waals surface area contributed by atoms with Gasteiger partial charge < -0.3 is 24.1 Å². The highest BCUT2D eigenvalue weighted by Crippen LogP contribution is 2.27. The molecule has 1 N–H and O–H groups in total. The van der Waals surface area contributed by atoms with Crippen LogP contribution < -0.4 is 9.47 Å². The molecule has 2 rings (SSSR count). The molecule has 1 aromatic rings. The average Bonchev–Trinajstić information content (AvgIpc) is 2.53. The molecule has 136 valence electrons. The van der Waals surface area contributed by atoms with E-state index < -0.39 is 6.10 Å². The quantitative estimate of drug-likeness (QED) is 0.778. The number of ether oxygens (including phenoxy) is 4. The topological polar surface area (TPSA) is 60.4 Å². The van der Waals surface area contributed by atoms with Crippen LogP contribution in [0.2, 0.25) is 0 Å². The van der Waals surface area contributed by atoms with Crippen molar-refractivity contribution in [2.45, 2.75) is 38.8 Å². The van der Waals surface area contributed by atoms with Gasteiger partial charge in [0.2, 0.25) is 0 Å². The van der Waals surface area contributed by atoms with E-state index in [-0.39, 0.29) is 12.2 Å². The summed E-state index contributed by atoms with van der Waals surface area (Å²) in [5.41, 5.74) is 0.980. The molecule has 0 spiro atoms. The first-order chi connectivity index (χ1) is 11.5. The highest BCUT2D eigenvalue weighted by atomic mass is 16.5. The van der Waals surface area contributed by atoms with Crippen LogP contribution in [0.15, 0.2) is 18.2 Å². The molecular weight excluding hydrogens is 310 g/mol. The van der Waals surface area contributed by atoms with Crippen LogP contribution in [0.4, 0.5) is 0 Å². The van der Waals surface area contributed by atoms with Gasteiger partial charge in [-0.1, -0.05) is 6.07 Å². The smallest absolute Gasteiger partial charge is 0.161 e. The fraction of sp³-hybridized carbons (Fsp3) is 0.667. The molecule has 1 aromatic carbocycles. The van der Waals surface area contributed by atoms with Crippen LogP contribution in [0.5, 0.6) is 11.5 Å². The summed E-state index contributed by atoms with van der Waals surface area (Å²) in [5, 5.41) is 10.2. The number of benzene rings is 1. The molecule has 0 aliphatic carbocycles. The van der Waals surface area contributed by atoms with Gasteiger partial charge in [0.1, 0.15) is 0 Å². The van der Waals surface area contributed by atoms with Crippen molar-refractivity contribution >= 4 is 0 Å². The molecule has 0 radical (unpaired) electrons. The fourth-order valence-corrected chi connectivity index (χ4v) is 3.07. The zero-order chi connectivity index (χ0) is 17.5.